The number of hydrogen-bond donors (Lipinski definition) is 0. The lowest BCUT2D eigenvalue weighted by atomic mass is 10.2. The van der Waals surface area contributed by atoms with Crippen molar-refractivity contribution in [2.45, 2.75) is 31.1 Å². The average molecular weight is 489 g/mol. The number of pyridine rings is 2. The monoisotopic (exact) mass is 488 g/mol. The Hall–Kier alpha value is -2.34. The summed E-state index contributed by atoms with van der Waals surface area (Å²) in [5.74, 6) is 0.787. The molecule has 2 fully saturated rings. The summed E-state index contributed by atoms with van der Waals surface area (Å²) in [5.41, 5.74) is -0.0683. The first-order chi connectivity index (χ1) is 16.0. The van der Waals surface area contributed by atoms with Gasteiger partial charge in [-0.15, -0.1) is 11.3 Å². The molecule has 5 heterocycles. The lowest BCUT2D eigenvalue weighted by Crippen LogP contribution is -2.46. The molecule has 0 unspecified atom stereocenters. The Bertz CT molecular complexity index is 1290. The number of hydrogen-bond acceptors (Lipinski definition) is 8. The van der Waals surface area contributed by atoms with Gasteiger partial charge in [0.1, 0.15) is 10.7 Å². The van der Waals surface area contributed by atoms with Crippen LogP contribution < -0.4 is 10.3 Å². The molecule has 176 valence electrons. The van der Waals surface area contributed by atoms with Gasteiger partial charge in [0, 0.05) is 57.0 Å². The molecule has 0 bridgehead atoms. The molecule has 33 heavy (non-hydrogen) atoms. The first-order valence-electron chi connectivity index (χ1n) is 11.4. The summed E-state index contributed by atoms with van der Waals surface area (Å²) in [6.45, 7) is 7.70. The molecule has 0 amide bonds. The van der Waals surface area contributed by atoms with Crippen LogP contribution in [0.4, 0.5) is 5.82 Å². The minimum atomic E-state index is -3.90. The maximum Gasteiger partial charge on any atom is 0.248 e. The van der Waals surface area contributed by atoms with Crippen molar-refractivity contribution in [1.82, 2.24) is 23.7 Å². The zero-order chi connectivity index (χ0) is 23.0. The summed E-state index contributed by atoms with van der Waals surface area (Å²) >= 11 is 1.38. The van der Waals surface area contributed by atoms with E-state index in [1.807, 2.05) is 11.4 Å². The summed E-state index contributed by atoms with van der Waals surface area (Å²) < 4.78 is 29.9. The molecule has 0 aromatic carbocycles. The molecule has 0 saturated carbocycles. The highest BCUT2D eigenvalue weighted by atomic mass is 32.2. The van der Waals surface area contributed by atoms with Crippen LogP contribution in [-0.2, 0) is 10.0 Å². The average Bonchev–Trinajstić information content (AvgIpc) is 3.39. The molecule has 2 saturated heterocycles. The van der Waals surface area contributed by atoms with Gasteiger partial charge in [0.05, 0.1) is 5.39 Å². The van der Waals surface area contributed by atoms with Crippen molar-refractivity contribution < 1.29 is 8.42 Å². The Morgan fingerprint density at radius 2 is 1.79 bits per heavy atom. The van der Waals surface area contributed by atoms with E-state index in [4.69, 9.17) is 4.98 Å². The van der Waals surface area contributed by atoms with E-state index in [1.165, 1.54) is 21.8 Å². The fourth-order valence-corrected chi connectivity index (χ4v) is 6.76. The van der Waals surface area contributed by atoms with Crippen molar-refractivity contribution in [1.29, 1.82) is 0 Å². The molecule has 9 nitrogen and oxygen atoms in total. The Labute approximate surface area is 197 Å². The second-order valence-corrected chi connectivity index (χ2v) is 11.2. The number of sulfonamides is 1. The topological polar surface area (TPSA) is 91.6 Å². The van der Waals surface area contributed by atoms with Crippen LogP contribution in [0.3, 0.4) is 0 Å². The van der Waals surface area contributed by atoms with E-state index in [2.05, 4.69) is 21.7 Å². The van der Waals surface area contributed by atoms with Gasteiger partial charge in [-0.3, -0.25) is 9.36 Å². The molecule has 11 heteroatoms. The zero-order valence-electron chi connectivity index (χ0n) is 18.7. The zero-order valence-corrected chi connectivity index (χ0v) is 20.3. The minimum absolute atomic E-state index is 0.210. The van der Waals surface area contributed by atoms with E-state index in [-0.39, 0.29) is 4.90 Å². The van der Waals surface area contributed by atoms with E-state index >= 15 is 0 Å². The lowest BCUT2D eigenvalue weighted by Gasteiger charge is -2.34. The summed E-state index contributed by atoms with van der Waals surface area (Å²) in [4.78, 5) is 27.0. The summed E-state index contributed by atoms with van der Waals surface area (Å²) in [5, 5.41) is 2.70. The van der Waals surface area contributed by atoms with E-state index < -0.39 is 15.5 Å². The third kappa shape index (κ3) is 4.18. The van der Waals surface area contributed by atoms with Crippen molar-refractivity contribution in [3.8, 4) is 5.13 Å². The highest BCUT2D eigenvalue weighted by Gasteiger charge is 2.30. The SMILES string of the molecule is CCN1CCN(c2ccc3c(=O)c(S(=O)(=O)N4CCCCC4)cn(-c4nccs4)c3n2)CC1. The fraction of sp³-hybridized carbons (Fsp3) is 0.500. The quantitative estimate of drug-likeness (QED) is 0.543. The Morgan fingerprint density at radius 3 is 2.45 bits per heavy atom. The summed E-state index contributed by atoms with van der Waals surface area (Å²) in [6, 6.07) is 3.54. The van der Waals surface area contributed by atoms with Crippen LogP contribution in [0, 0.1) is 0 Å². The standard InChI is InChI=1S/C22H28N6O3S2/c1-2-25-11-13-26(14-12-25)19-7-6-17-20(29)18(33(30,31)27-9-4-3-5-10-27)16-28(21(17)24-19)22-23-8-15-32-22/h6-8,15-16H,2-5,9-14H2,1H3. The number of nitrogens with zero attached hydrogens (tertiary/aromatic N) is 6. The summed E-state index contributed by atoms with van der Waals surface area (Å²) in [6.07, 6.45) is 5.70. The number of rotatable bonds is 5. The van der Waals surface area contributed by atoms with Gasteiger partial charge < -0.3 is 9.80 Å². The molecule has 0 spiro atoms. The van der Waals surface area contributed by atoms with Gasteiger partial charge in [-0.05, 0) is 31.5 Å². The van der Waals surface area contributed by atoms with Crippen molar-refractivity contribution in [2.24, 2.45) is 0 Å². The van der Waals surface area contributed by atoms with Crippen molar-refractivity contribution in [3.05, 3.63) is 40.1 Å². The maximum absolute atomic E-state index is 13.4. The third-order valence-electron chi connectivity index (χ3n) is 6.51. The van der Waals surface area contributed by atoms with Gasteiger partial charge in [-0.2, -0.15) is 4.31 Å². The molecule has 2 aliphatic heterocycles. The van der Waals surface area contributed by atoms with Crippen LogP contribution >= 0.6 is 11.3 Å². The minimum Gasteiger partial charge on any atom is -0.354 e. The van der Waals surface area contributed by atoms with Gasteiger partial charge in [-0.1, -0.05) is 13.3 Å². The van der Waals surface area contributed by atoms with Crippen LogP contribution in [0.15, 0.2) is 39.6 Å². The van der Waals surface area contributed by atoms with Gasteiger partial charge in [0.15, 0.2) is 10.8 Å². The molecule has 0 radical (unpaired) electrons. The second kappa shape index (κ2) is 9.13. The van der Waals surface area contributed by atoms with Crippen LogP contribution in [0.5, 0.6) is 0 Å². The second-order valence-electron chi connectivity index (χ2n) is 8.43. The highest BCUT2D eigenvalue weighted by molar-refractivity contribution is 7.89. The van der Waals surface area contributed by atoms with E-state index in [0.29, 0.717) is 29.3 Å². The lowest BCUT2D eigenvalue weighted by molar-refractivity contribution is 0.270. The predicted molar refractivity (Wildman–Crippen MR) is 130 cm³/mol. The van der Waals surface area contributed by atoms with Crippen molar-refractivity contribution in [3.63, 3.8) is 0 Å². The number of piperazine rings is 1. The Morgan fingerprint density at radius 1 is 1.03 bits per heavy atom. The van der Waals surface area contributed by atoms with E-state index in [0.717, 1.165) is 57.8 Å². The molecular weight excluding hydrogens is 460 g/mol. The number of aromatic nitrogens is 3. The van der Waals surface area contributed by atoms with Crippen molar-refractivity contribution >= 4 is 38.2 Å². The molecule has 3 aromatic heterocycles. The number of fused-ring (bicyclic) bond motifs is 1. The molecule has 2 aliphatic rings. The maximum atomic E-state index is 13.4. The van der Waals surface area contributed by atoms with Gasteiger partial charge in [0.2, 0.25) is 15.5 Å². The van der Waals surface area contributed by atoms with Crippen LogP contribution in [0.25, 0.3) is 16.2 Å². The number of thiazole rings is 1. The molecule has 0 N–H and O–H groups in total. The fourth-order valence-electron chi connectivity index (χ4n) is 4.55. The normalized spacial score (nSPS) is 18.8. The van der Waals surface area contributed by atoms with Crippen LogP contribution in [-0.4, -0.2) is 78.0 Å². The van der Waals surface area contributed by atoms with Crippen molar-refractivity contribution in [2.75, 3.05) is 50.7 Å². The third-order valence-corrected chi connectivity index (χ3v) is 9.17. The van der Waals surface area contributed by atoms with Gasteiger partial charge >= 0.3 is 0 Å². The van der Waals surface area contributed by atoms with E-state index in [9.17, 15) is 13.2 Å². The van der Waals surface area contributed by atoms with Crippen LogP contribution in [0.2, 0.25) is 0 Å². The number of anilines is 1. The summed E-state index contributed by atoms with van der Waals surface area (Å²) in [7, 11) is -3.90. The molecule has 0 aliphatic carbocycles. The molecule has 5 rings (SSSR count). The Kier molecular flexibility index (Phi) is 6.21. The number of piperidine rings is 1. The van der Waals surface area contributed by atoms with Gasteiger partial charge in [0.25, 0.3) is 0 Å². The van der Waals surface area contributed by atoms with E-state index in [1.54, 1.807) is 16.8 Å². The molecule has 0 atom stereocenters. The largest absolute Gasteiger partial charge is 0.354 e. The first kappa shape index (κ1) is 22.5. The number of likely N-dealkylation sites (N-methyl/N-ethyl adjacent to an activating group) is 1. The first-order valence-corrected chi connectivity index (χ1v) is 13.7. The smallest absolute Gasteiger partial charge is 0.248 e. The highest BCUT2D eigenvalue weighted by Crippen LogP contribution is 2.25. The van der Waals surface area contributed by atoms with Gasteiger partial charge in [-0.25, -0.2) is 18.4 Å². The molecule has 3 aromatic rings. The van der Waals surface area contributed by atoms with Crippen LogP contribution in [0.1, 0.15) is 26.2 Å². The predicted octanol–water partition coefficient (Wildman–Crippen LogP) is 2.16. The molecular formula is C22H28N6O3S2. The Balaban J connectivity index is 1.63.